The van der Waals surface area contributed by atoms with E-state index in [-0.39, 0.29) is 17.6 Å². The zero-order valence-corrected chi connectivity index (χ0v) is 18.6. The van der Waals surface area contributed by atoms with Gasteiger partial charge in [-0.15, -0.1) is 0 Å². The van der Waals surface area contributed by atoms with Gasteiger partial charge in [0.2, 0.25) is 5.91 Å². The molecule has 2 saturated heterocycles. The van der Waals surface area contributed by atoms with Crippen molar-refractivity contribution in [2.24, 2.45) is 5.92 Å². The maximum Gasteiger partial charge on any atom is 0.229 e. The molecule has 3 aliphatic heterocycles. The Bertz CT molecular complexity index is 1160. The second-order valence-corrected chi connectivity index (χ2v) is 9.10. The SMILES string of the molecule is O=C(C1CN(c2c3c(nc4ccnn24)CCNCC3)C1)N1CCN(c2ccc(F)cc2)CC1. The summed E-state index contributed by atoms with van der Waals surface area (Å²) in [7, 11) is 0. The fourth-order valence-electron chi connectivity index (χ4n) is 5.24. The van der Waals surface area contributed by atoms with E-state index >= 15 is 0 Å². The standard InChI is InChI=1S/C24H28FN7O/c25-18-1-3-19(4-2-18)29-11-13-30(14-12-29)24(33)17-15-31(16-17)23-20-5-8-26-9-6-21(20)28-22-7-10-27-32(22)23/h1-4,7,10,17,26H,5-6,8-9,11-16H2. The van der Waals surface area contributed by atoms with Crippen LogP contribution in [0.25, 0.3) is 5.65 Å². The molecular weight excluding hydrogens is 421 g/mol. The van der Waals surface area contributed by atoms with Crippen LogP contribution in [0.1, 0.15) is 11.3 Å². The van der Waals surface area contributed by atoms with E-state index in [0.29, 0.717) is 13.1 Å². The molecule has 0 radical (unpaired) electrons. The molecule has 1 aromatic carbocycles. The lowest BCUT2D eigenvalue weighted by molar-refractivity contribution is -0.136. The van der Waals surface area contributed by atoms with Crippen LogP contribution in [0.2, 0.25) is 0 Å². The predicted molar refractivity (Wildman–Crippen MR) is 124 cm³/mol. The van der Waals surface area contributed by atoms with Crippen molar-refractivity contribution in [3.8, 4) is 0 Å². The van der Waals surface area contributed by atoms with E-state index in [2.05, 4.69) is 20.2 Å². The van der Waals surface area contributed by atoms with Gasteiger partial charge in [-0.05, 0) is 37.2 Å². The second-order valence-electron chi connectivity index (χ2n) is 9.10. The summed E-state index contributed by atoms with van der Waals surface area (Å²) in [4.78, 5) is 24.5. The molecule has 1 amide bonds. The van der Waals surface area contributed by atoms with Gasteiger partial charge in [-0.1, -0.05) is 0 Å². The van der Waals surface area contributed by atoms with Crippen molar-refractivity contribution < 1.29 is 9.18 Å². The van der Waals surface area contributed by atoms with Gasteiger partial charge in [-0.3, -0.25) is 4.79 Å². The summed E-state index contributed by atoms with van der Waals surface area (Å²) in [5.74, 6) is 1.13. The van der Waals surface area contributed by atoms with Crippen LogP contribution in [0.3, 0.4) is 0 Å². The largest absolute Gasteiger partial charge is 0.368 e. The molecule has 6 rings (SSSR count). The summed E-state index contributed by atoms with van der Waals surface area (Å²) in [5.41, 5.74) is 4.29. The number of anilines is 2. The number of nitrogens with one attached hydrogen (secondary N) is 1. The minimum Gasteiger partial charge on any atom is -0.368 e. The first kappa shape index (κ1) is 20.4. The minimum atomic E-state index is -0.225. The normalized spacial score (nSPS) is 19.4. The van der Waals surface area contributed by atoms with Crippen LogP contribution in [0.15, 0.2) is 36.5 Å². The van der Waals surface area contributed by atoms with Gasteiger partial charge in [0, 0.05) is 69.6 Å². The minimum absolute atomic E-state index is 0.0145. The number of aromatic nitrogens is 3. The Morgan fingerprint density at radius 1 is 0.970 bits per heavy atom. The maximum absolute atomic E-state index is 13.2. The highest BCUT2D eigenvalue weighted by atomic mass is 19.1. The van der Waals surface area contributed by atoms with Gasteiger partial charge in [0.05, 0.1) is 17.8 Å². The monoisotopic (exact) mass is 449 g/mol. The topological polar surface area (TPSA) is 69.0 Å². The molecule has 0 atom stereocenters. The van der Waals surface area contributed by atoms with E-state index in [1.807, 2.05) is 15.5 Å². The highest BCUT2D eigenvalue weighted by molar-refractivity contribution is 5.82. The third-order valence-corrected chi connectivity index (χ3v) is 7.09. The smallest absolute Gasteiger partial charge is 0.229 e. The van der Waals surface area contributed by atoms with E-state index in [1.54, 1.807) is 18.3 Å². The number of nitrogens with zero attached hydrogens (tertiary/aromatic N) is 6. The van der Waals surface area contributed by atoms with E-state index in [0.717, 1.165) is 75.0 Å². The number of halogens is 1. The molecule has 3 aromatic rings. The van der Waals surface area contributed by atoms with Crippen LogP contribution in [-0.4, -0.2) is 77.8 Å². The van der Waals surface area contributed by atoms with Gasteiger partial charge in [-0.2, -0.15) is 9.61 Å². The van der Waals surface area contributed by atoms with Crippen molar-refractivity contribution in [1.82, 2.24) is 24.8 Å². The molecule has 0 unspecified atom stereocenters. The van der Waals surface area contributed by atoms with Gasteiger partial charge in [-0.25, -0.2) is 9.37 Å². The Kier molecular flexibility index (Phi) is 5.13. The Morgan fingerprint density at radius 3 is 2.52 bits per heavy atom. The lowest BCUT2D eigenvalue weighted by Crippen LogP contribution is -2.58. The van der Waals surface area contributed by atoms with Gasteiger partial charge >= 0.3 is 0 Å². The molecule has 2 fully saturated rings. The molecule has 8 nitrogen and oxygen atoms in total. The number of rotatable bonds is 3. The van der Waals surface area contributed by atoms with Crippen molar-refractivity contribution in [2.45, 2.75) is 12.8 Å². The van der Waals surface area contributed by atoms with Crippen LogP contribution >= 0.6 is 0 Å². The van der Waals surface area contributed by atoms with Crippen LogP contribution in [0, 0.1) is 11.7 Å². The van der Waals surface area contributed by atoms with Crippen LogP contribution < -0.4 is 15.1 Å². The first-order valence-corrected chi connectivity index (χ1v) is 11.8. The molecule has 2 aromatic heterocycles. The molecule has 1 N–H and O–H groups in total. The summed E-state index contributed by atoms with van der Waals surface area (Å²) >= 11 is 0. The Morgan fingerprint density at radius 2 is 1.73 bits per heavy atom. The molecule has 0 spiro atoms. The summed E-state index contributed by atoms with van der Waals surface area (Å²) in [6.45, 7) is 6.25. The average Bonchev–Trinajstić information content (AvgIpc) is 3.15. The molecule has 33 heavy (non-hydrogen) atoms. The third-order valence-electron chi connectivity index (χ3n) is 7.09. The Labute approximate surface area is 192 Å². The van der Waals surface area contributed by atoms with Crippen LogP contribution in [0.4, 0.5) is 15.9 Å². The molecule has 0 saturated carbocycles. The average molecular weight is 450 g/mol. The predicted octanol–water partition coefficient (Wildman–Crippen LogP) is 1.34. The van der Waals surface area contributed by atoms with E-state index in [4.69, 9.17) is 4.98 Å². The molecule has 9 heteroatoms. The van der Waals surface area contributed by atoms with E-state index in [9.17, 15) is 9.18 Å². The summed E-state index contributed by atoms with van der Waals surface area (Å²) < 4.78 is 15.1. The van der Waals surface area contributed by atoms with E-state index < -0.39 is 0 Å². The quantitative estimate of drug-likeness (QED) is 0.651. The molecule has 0 aliphatic carbocycles. The summed E-state index contributed by atoms with van der Waals surface area (Å²) in [6, 6.07) is 8.54. The summed E-state index contributed by atoms with van der Waals surface area (Å²) in [5, 5.41) is 7.99. The molecule has 5 heterocycles. The number of hydrogen-bond donors (Lipinski definition) is 1. The number of benzene rings is 1. The fraction of sp³-hybridized carbons (Fsp3) is 0.458. The van der Waals surface area contributed by atoms with Crippen LogP contribution in [-0.2, 0) is 17.6 Å². The number of carbonyl (C=O) groups is 1. The molecule has 0 bridgehead atoms. The Balaban J connectivity index is 1.13. The number of piperazine rings is 1. The highest BCUT2D eigenvalue weighted by Gasteiger charge is 2.39. The number of fused-ring (bicyclic) bond motifs is 2. The van der Waals surface area contributed by atoms with Crippen molar-refractivity contribution in [3.63, 3.8) is 0 Å². The van der Waals surface area contributed by atoms with Crippen molar-refractivity contribution in [3.05, 3.63) is 53.6 Å². The van der Waals surface area contributed by atoms with Crippen molar-refractivity contribution in [1.29, 1.82) is 0 Å². The van der Waals surface area contributed by atoms with Gasteiger partial charge in [0.25, 0.3) is 0 Å². The highest BCUT2D eigenvalue weighted by Crippen LogP contribution is 2.32. The van der Waals surface area contributed by atoms with Crippen molar-refractivity contribution in [2.75, 3.05) is 62.2 Å². The lowest BCUT2D eigenvalue weighted by atomic mass is 9.96. The van der Waals surface area contributed by atoms with Gasteiger partial charge < -0.3 is 20.0 Å². The second kappa shape index (κ2) is 8.30. The zero-order valence-electron chi connectivity index (χ0n) is 18.6. The van der Waals surface area contributed by atoms with Crippen molar-refractivity contribution >= 4 is 23.1 Å². The number of carbonyl (C=O) groups excluding carboxylic acids is 1. The lowest BCUT2D eigenvalue weighted by Gasteiger charge is -2.44. The van der Waals surface area contributed by atoms with E-state index in [1.165, 1.54) is 17.7 Å². The maximum atomic E-state index is 13.2. The first-order valence-electron chi connectivity index (χ1n) is 11.8. The van der Waals surface area contributed by atoms with Gasteiger partial charge in [0.1, 0.15) is 11.6 Å². The number of amides is 1. The fourth-order valence-corrected chi connectivity index (χ4v) is 5.24. The molecule has 3 aliphatic rings. The summed E-state index contributed by atoms with van der Waals surface area (Å²) in [6.07, 6.45) is 3.64. The van der Waals surface area contributed by atoms with Gasteiger partial charge in [0.15, 0.2) is 5.65 Å². The van der Waals surface area contributed by atoms with Crippen LogP contribution in [0.5, 0.6) is 0 Å². The number of hydrogen-bond acceptors (Lipinski definition) is 6. The zero-order chi connectivity index (χ0) is 22.4. The Hall–Kier alpha value is -3.20. The molecular formula is C24H28FN7O. The first-order chi connectivity index (χ1) is 16.2. The third kappa shape index (κ3) is 3.70. The molecule has 172 valence electrons.